The predicted molar refractivity (Wildman–Crippen MR) is 117 cm³/mol. The van der Waals surface area contributed by atoms with Gasteiger partial charge in [0.2, 0.25) is 5.89 Å². The molecule has 1 aliphatic heterocycles. The number of hydrogen-bond donors (Lipinski definition) is 1. The van der Waals surface area contributed by atoms with Gasteiger partial charge < -0.3 is 19.5 Å². The molecule has 164 valence electrons. The van der Waals surface area contributed by atoms with Gasteiger partial charge in [-0.05, 0) is 25.8 Å². The Morgan fingerprint density at radius 2 is 1.93 bits per heavy atom. The predicted octanol–water partition coefficient (Wildman–Crippen LogP) is 3.01. The minimum atomic E-state index is -0.170. The molecule has 30 heavy (non-hydrogen) atoms. The molecule has 8 nitrogen and oxygen atoms in total. The molecule has 1 fully saturated rings. The van der Waals surface area contributed by atoms with Crippen molar-refractivity contribution in [2.75, 3.05) is 39.8 Å². The summed E-state index contributed by atoms with van der Waals surface area (Å²) in [6.07, 6.45) is 0.937. The molecule has 1 N–H and O–H groups in total. The van der Waals surface area contributed by atoms with Gasteiger partial charge in [-0.25, -0.2) is 0 Å². The highest BCUT2D eigenvalue weighted by molar-refractivity contribution is 5.79. The second kappa shape index (κ2) is 11.1. The average molecular weight is 415 g/mol. The van der Waals surface area contributed by atoms with Crippen LogP contribution in [-0.2, 0) is 11.3 Å². The molecule has 8 heteroatoms. The van der Waals surface area contributed by atoms with E-state index in [4.69, 9.17) is 9.26 Å². The van der Waals surface area contributed by atoms with Gasteiger partial charge in [-0.1, -0.05) is 42.4 Å². The second-order valence-electron chi connectivity index (χ2n) is 7.40. The van der Waals surface area contributed by atoms with E-state index in [2.05, 4.69) is 67.5 Å². The molecule has 3 rings (SSSR count). The minimum Gasteiger partial charge on any atom is -0.371 e. The van der Waals surface area contributed by atoms with Crippen molar-refractivity contribution in [3.63, 3.8) is 0 Å². The summed E-state index contributed by atoms with van der Waals surface area (Å²) in [5.41, 5.74) is 1.39. The summed E-state index contributed by atoms with van der Waals surface area (Å²) < 4.78 is 10.9. The van der Waals surface area contributed by atoms with Crippen molar-refractivity contribution in [2.24, 2.45) is 4.99 Å². The summed E-state index contributed by atoms with van der Waals surface area (Å²) in [5.74, 6) is 1.97. The largest absolute Gasteiger partial charge is 0.371 e. The first-order chi connectivity index (χ1) is 14.7. The highest BCUT2D eigenvalue weighted by Gasteiger charge is 2.25. The van der Waals surface area contributed by atoms with E-state index < -0.39 is 0 Å². The number of piperazine rings is 1. The van der Waals surface area contributed by atoms with Gasteiger partial charge in [0.1, 0.15) is 6.10 Å². The lowest BCUT2D eigenvalue weighted by Gasteiger charge is -2.40. The van der Waals surface area contributed by atoms with E-state index in [1.54, 1.807) is 0 Å². The van der Waals surface area contributed by atoms with Crippen molar-refractivity contribution >= 4 is 5.96 Å². The summed E-state index contributed by atoms with van der Waals surface area (Å²) in [4.78, 5) is 13.7. The molecule has 0 saturated carbocycles. The number of ether oxygens (including phenoxy) is 1. The highest BCUT2D eigenvalue weighted by atomic mass is 16.5. The molecule has 0 aliphatic carbocycles. The van der Waals surface area contributed by atoms with E-state index in [9.17, 15) is 0 Å². The van der Waals surface area contributed by atoms with E-state index in [1.165, 1.54) is 5.56 Å². The van der Waals surface area contributed by atoms with Gasteiger partial charge in [0.05, 0.1) is 6.54 Å². The van der Waals surface area contributed by atoms with Gasteiger partial charge >= 0.3 is 0 Å². The van der Waals surface area contributed by atoms with Gasteiger partial charge in [0.15, 0.2) is 11.8 Å². The summed E-state index contributed by atoms with van der Waals surface area (Å²) in [7, 11) is 1.81. The van der Waals surface area contributed by atoms with Gasteiger partial charge in [-0.3, -0.25) is 9.89 Å². The average Bonchev–Trinajstić information content (AvgIpc) is 3.26. The Morgan fingerprint density at radius 3 is 2.57 bits per heavy atom. The van der Waals surface area contributed by atoms with Crippen LogP contribution in [0.5, 0.6) is 0 Å². The number of aliphatic imine (C=N–C) groups is 1. The van der Waals surface area contributed by atoms with Gasteiger partial charge in [0.25, 0.3) is 0 Å². The number of aromatic nitrogens is 2. The topological polar surface area (TPSA) is 79.0 Å². The van der Waals surface area contributed by atoms with Crippen molar-refractivity contribution in [1.29, 1.82) is 0 Å². The Hall–Kier alpha value is -2.45. The highest BCUT2D eigenvalue weighted by Crippen LogP contribution is 2.25. The second-order valence-corrected chi connectivity index (χ2v) is 7.40. The first-order valence-electron chi connectivity index (χ1n) is 10.8. The van der Waals surface area contributed by atoms with Crippen LogP contribution in [0.3, 0.4) is 0 Å². The molecular formula is C22H34N6O2. The molecular weight excluding hydrogens is 380 g/mol. The molecule has 0 spiro atoms. The molecule has 1 saturated heterocycles. The number of nitrogens with zero attached hydrogens (tertiary/aromatic N) is 5. The Bertz CT molecular complexity index is 786. The molecule has 2 aromatic rings. The van der Waals surface area contributed by atoms with Crippen LogP contribution in [0.1, 0.15) is 56.6 Å². The van der Waals surface area contributed by atoms with Crippen LogP contribution < -0.4 is 5.32 Å². The zero-order chi connectivity index (χ0) is 21.3. The third kappa shape index (κ3) is 5.58. The third-order valence-corrected chi connectivity index (χ3v) is 5.50. The fourth-order valence-electron chi connectivity index (χ4n) is 3.94. The molecule has 0 radical (unpaired) electrons. The van der Waals surface area contributed by atoms with Gasteiger partial charge in [-0.15, -0.1) is 0 Å². The van der Waals surface area contributed by atoms with Crippen molar-refractivity contribution in [3.05, 3.63) is 47.6 Å². The maximum Gasteiger partial charge on any atom is 0.246 e. The lowest BCUT2D eigenvalue weighted by molar-refractivity contribution is 0.0683. The van der Waals surface area contributed by atoms with Crippen LogP contribution >= 0.6 is 0 Å². The third-order valence-electron chi connectivity index (χ3n) is 5.50. The number of nitrogens with one attached hydrogen (secondary N) is 1. The Morgan fingerprint density at radius 1 is 1.20 bits per heavy atom. The lowest BCUT2D eigenvalue weighted by Crippen LogP contribution is -2.52. The Balaban J connectivity index is 1.51. The lowest BCUT2D eigenvalue weighted by atomic mass is 10.0. The van der Waals surface area contributed by atoms with E-state index in [0.29, 0.717) is 30.9 Å². The zero-order valence-electron chi connectivity index (χ0n) is 18.5. The summed E-state index contributed by atoms with van der Waals surface area (Å²) >= 11 is 0. The van der Waals surface area contributed by atoms with Crippen molar-refractivity contribution in [2.45, 2.75) is 45.9 Å². The van der Waals surface area contributed by atoms with Gasteiger partial charge in [0, 0.05) is 45.9 Å². The SMILES string of the molecule is CCOC(C)c1noc(CNC(=NC)N2CCN(C(CC)c3ccccc3)CC2)n1. The van der Waals surface area contributed by atoms with E-state index in [0.717, 1.165) is 38.6 Å². The Labute approximate surface area is 179 Å². The van der Waals surface area contributed by atoms with Crippen molar-refractivity contribution < 1.29 is 9.26 Å². The normalized spacial score (nSPS) is 17.7. The van der Waals surface area contributed by atoms with Gasteiger partial charge in [-0.2, -0.15) is 4.98 Å². The summed E-state index contributed by atoms with van der Waals surface area (Å²) in [6.45, 7) is 11.1. The van der Waals surface area contributed by atoms with E-state index in [1.807, 2.05) is 20.9 Å². The fraction of sp³-hybridized carbons (Fsp3) is 0.591. The molecule has 2 atom stereocenters. The Kier molecular flexibility index (Phi) is 8.21. The zero-order valence-corrected chi connectivity index (χ0v) is 18.5. The summed E-state index contributed by atoms with van der Waals surface area (Å²) in [6, 6.07) is 11.2. The molecule has 1 aromatic carbocycles. The fourth-order valence-corrected chi connectivity index (χ4v) is 3.94. The van der Waals surface area contributed by atoms with Crippen LogP contribution in [0.15, 0.2) is 39.8 Å². The van der Waals surface area contributed by atoms with E-state index >= 15 is 0 Å². The molecule has 2 unspecified atom stereocenters. The van der Waals surface area contributed by atoms with Crippen LogP contribution in [-0.4, -0.2) is 65.7 Å². The van der Waals surface area contributed by atoms with Crippen LogP contribution in [0.25, 0.3) is 0 Å². The number of rotatable bonds is 8. The number of benzene rings is 1. The maximum absolute atomic E-state index is 5.51. The standard InChI is InChI=1S/C22H34N6O2/c1-5-19(18-10-8-7-9-11-18)27-12-14-28(15-13-27)22(23-4)24-16-20-25-21(26-30-20)17(3)29-6-2/h7-11,17,19H,5-6,12-16H2,1-4H3,(H,23,24). The number of hydrogen-bond acceptors (Lipinski definition) is 6. The maximum atomic E-state index is 5.51. The molecule has 0 bridgehead atoms. The van der Waals surface area contributed by atoms with E-state index in [-0.39, 0.29) is 6.10 Å². The summed E-state index contributed by atoms with van der Waals surface area (Å²) in [5, 5.41) is 7.36. The minimum absolute atomic E-state index is 0.170. The monoisotopic (exact) mass is 414 g/mol. The van der Waals surface area contributed by atoms with Crippen LogP contribution in [0.4, 0.5) is 0 Å². The first kappa shape index (κ1) is 22.2. The molecule has 1 aliphatic rings. The van der Waals surface area contributed by atoms with Crippen LogP contribution in [0, 0.1) is 0 Å². The molecule has 2 heterocycles. The smallest absolute Gasteiger partial charge is 0.246 e. The van der Waals surface area contributed by atoms with Crippen molar-refractivity contribution in [1.82, 2.24) is 25.3 Å². The number of guanidine groups is 1. The quantitative estimate of drug-likeness (QED) is 0.525. The molecule has 1 aromatic heterocycles. The van der Waals surface area contributed by atoms with Crippen LogP contribution in [0.2, 0.25) is 0 Å². The van der Waals surface area contributed by atoms with Crippen molar-refractivity contribution in [3.8, 4) is 0 Å². The molecule has 0 amide bonds. The first-order valence-corrected chi connectivity index (χ1v) is 10.8.